The molecule has 0 fully saturated rings. The Balaban J connectivity index is 2.46. The van der Waals surface area contributed by atoms with Gasteiger partial charge < -0.3 is 19.3 Å². The maximum atomic E-state index is 6.18. The molecule has 2 aromatic rings. The number of hydrogen-bond donors (Lipinski definition) is 1. The predicted molar refractivity (Wildman–Crippen MR) is 79.9 cm³/mol. The number of ether oxygens (including phenoxy) is 2. The van der Waals surface area contributed by atoms with Crippen molar-refractivity contribution in [3.8, 4) is 22.9 Å². The summed E-state index contributed by atoms with van der Waals surface area (Å²) in [5.74, 6) is 1.92. The van der Waals surface area contributed by atoms with Crippen LogP contribution in [0.15, 0.2) is 16.7 Å². The molecule has 0 atom stereocenters. The van der Waals surface area contributed by atoms with Crippen LogP contribution in [0.1, 0.15) is 19.7 Å². The van der Waals surface area contributed by atoms with Crippen LogP contribution in [-0.4, -0.2) is 31.4 Å². The van der Waals surface area contributed by atoms with Crippen molar-refractivity contribution in [2.75, 3.05) is 21.3 Å². The summed E-state index contributed by atoms with van der Waals surface area (Å²) in [7, 11) is 4.91. The molecule has 6 nitrogen and oxygen atoms in total. The number of nitrogens with zero attached hydrogens (tertiary/aromatic N) is 2. The lowest BCUT2D eigenvalue weighted by Gasteiger charge is -2.17. The van der Waals surface area contributed by atoms with Crippen molar-refractivity contribution in [1.29, 1.82) is 0 Å². The van der Waals surface area contributed by atoms with Crippen LogP contribution in [0.5, 0.6) is 11.5 Å². The molecule has 7 heteroatoms. The summed E-state index contributed by atoms with van der Waals surface area (Å²) in [6.45, 7) is 3.90. The molecular formula is C14H18ClN3O3. The quantitative estimate of drug-likeness (QED) is 0.915. The van der Waals surface area contributed by atoms with Gasteiger partial charge in [0.15, 0.2) is 11.5 Å². The number of aromatic nitrogens is 2. The van der Waals surface area contributed by atoms with E-state index in [1.54, 1.807) is 19.2 Å². The second-order valence-corrected chi connectivity index (χ2v) is 5.40. The average molecular weight is 312 g/mol. The molecule has 0 saturated carbocycles. The fraction of sp³-hybridized carbons (Fsp3) is 0.429. The zero-order valence-electron chi connectivity index (χ0n) is 12.7. The minimum atomic E-state index is -0.411. The summed E-state index contributed by atoms with van der Waals surface area (Å²) >= 11 is 6.18. The van der Waals surface area contributed by atoms with Crippen LogP contribution >= 0.6 is 11.6 Å². The molecule has 1 aromatic carbocycles. The summed E-state index contributed by atoms with van der Waals surface area (Å²) in [6, 6.07) is 3.47. The van der Waals surface area contributed by atoms with Crippen molar-refractivity contribution in [2.45, 2.75) is 19.4 Å². The molecule has 0 unspecified atom stereocenters. The van der Waals surface area contributed by atoms with Gasteiger partial charge in [-0.2, -0.15) is 4.98 Å². The summed E-state index contributed by atoms with van der Waals surface area (Å²) in [4.78, 5) is 4.40. The molecule has 0 amide bonds. The first-order valence-corrected chi connectivity index (χ1v) is 6.75. The third kappa shape index (κ3) is 2.96. The Labute approximate surface area is 128 Å². The molecule has 21 heavy (non-hydrogen) atoms. The van der Waals surface area contributed by atoms with Gasteiger partial charge in [0.05, 0.1) is 24.8 Å². The average Bonchev–Trinajstić information content (AvgIpc) is 2.96. The van der Waals surface area contributed by atoms with Gasteiger partial charge in [0.25, 0.3) is 0 Å². The Morgan fingerprint density at radius 1 is 1.24 bits per heavy atom. The molecule has 2 rings (SSSR count). The minimum absolute atomic E-state index is 0.411. The van der Waals surface area contributed by atoms with E-state index in [-0.39, 0.29) is 0 Å². The normalized spacial score (nSPS) is 11.5. The number of rotatable bonds is 5. The monoisotopic (exact) mass is 311 g/mol. The zero-order valence-corrected chi connectivity index (χ0v) is 13.4. The van der Waals surface area contributed by atoms with Crippen molar-refractivity contribution in [2.24, 2.45) is 0 Å². The number of benzene rings is 1. The van der Waals surface area contributed by atoms with Gasteiger partial charge in [-0.1, -0.05) is 16.8 Å². The van der Waals surface area contributed by atoms with Crippen molar-refractivity contribution in [3.63, 3.8) is 0 Å². The van der Waals surface area contributed by atoms with Crippen LogP contribution in [0.4, 0.5) is 0 Å². The molecule has 0 saturated heterocycles. The fourth-order valence-electron chi connectivity index (χ4n) is 1.75. The van der Waals surface area contributed by atoms with Gasteiger partial charge >= 0.3 is 0 Å². The molecular weight excluding hydrogens is 294 g/mol. The van der Waals surface area contributed by atoms with E-state index in [2.05, 4.69) is 15.5 Å². The zero-order chi connectivity index (χ0) is 15.6. The van der Waals surface area contributed by atoms with Crippen LogP contribution in [0.3, 0.4) is 0 Å². The first-order valence-electron chi connectivity index (χ1n) is 6.38. The summed E-state index contributed by atoms with van der Waals surface area (Å²) in [5, 5.41) is 7.52. The highest BCUT2D eigenvalue weighted by Crippen LogP contribution is 2.38. The lowest BCUT2D eigenvalue weighted by Crippen LogP contribution is -2.33. The van der Waals surface area contributed by atoms with Crippen molar-refractivity contribution < 1.29 is 14.0 Å². The standard InChI is InChI=1S/C14H18ClN3O3/c1-14(2,16-3)13-17-12(18-21-13)8-6-9(15)11(20-5)10(7-8)19-4/h6-7,16H,1-5H3. The van der Waals surface area contributed by atoms with Gasteiger partial charge in [0.2, 0.25) is 11.7 Å². The van der Waals surface area contributed by atoms with Crippen molar-refractivity contribution >= 4 is 11.6 Å². The molecule has 0 aliphatic carbocycles. The molecule has 1 aromatic heterocycles. The predicted octanol–water partition coefficient (Wildman–Crippen LogP) is 2.86. The lowest BCUT2D eigenvalue weighted by atomic mass is 10.1. The van der Waals surface area contributed by atoms with Crippen LogP contribution in [0.2, 0.25) is 5.02 Å². The number of nitrogens with one attached hydrogen (secondary N) is 1. The Morgan fingerprint density at radius 2 is 1.95 bits per heavy atom. The molecule has 114 valence electrons. The van der Waals surface area contributed by atoms with Crippen LogP contribution in [0.25, 0.3) is 11.4 Å². The van der Waals surface area contributed by atoms with Gasteiger partial charge in [0, 0.05) is 5.56 Å². The Hall–Kier alpha value is -1.79. The fourth-order valence-corrected chi connectivity index (χ4v) is 2.04. The van der Waals surface area contributed by atoms with Gasteiger partial charge in [-0.25, -0.2) is 0 Å². The summed E-state index contributed by atoms with van der Waals surface area (Å²) in [6.07, 6.45) is 0. The highest BCUT2D eigenvalue weighted by molar-refractivity contribution is 6.32. The smallest absolute Gasteiger partial charge is 0.246 e. The maximum Gasteiger partial charge on any atom is 0.246 e. The van der Waals surface area contributed by atoms with E-state index >= 15 is 0 Å². The second-order valence-electron chi connectivity index (χ2n) is 4.99. The Kier molecular flexibility index (Phi) is 4.39. The van der Waals surface area contributed by atoms with Gasteiger partial charge in [0.1, 0.15) is 0 Å². The van der Waals surface area contributed by atoms with E-state index in [9.17, 15) is 0 Å². The second kappa shape index (κ2) is 5.91. The highest BCUT2D eigenvalue weighted by Gasteiger charge is 2.26. The molecule has 0 spiro atoms. The number of hydrogen-bond acceptors (Lipinski definition) is 6. The molecule has 1 heterocycles. The maximum absolute atomic E-state index is 6.18. The van der Waals surface area contributed by atoms with E-state index in [4.69, 9.17) is 25.6 Å². The third-order valence-electron chi connectivity index (χ3n) is 3.28. The topological polar surface area (TPSA) is 69.4 Å². The van der Waals surface area contributed by atoms with E-state index in [1.807, 2.05) is 20.9 Å². The number of halogens is 1. The molecule has 0 aliphatic rings. The highest BCUT2D eigenvalue weighted by atomic mass is 35.5. The Morgan fingerprint density at radius 3 is 2.52 bits per heavy atom. The summed E-state index contributed by atoms with van der Waals surface area (Å²) in [5.41, 5.74) is 0.283. The lowest BCUT2D eigenvalue weighted by molar-refractivity contribution is 0.281. The van der Waals surface area contributed by atoms with E-state index < -0.39 is 5.54 Å². The molecule has 0 radical (unpaired) electrons. The number of methoxy groups -OCH3 is 2. The largest absolute Gasteiger partial charge is 0.493 e. The van der Waals surface area contributed by atoms with Gasteiger partial charge in [-0.15, -0.1) is 0 Å². The van der Waals surface area contributed by atoms with Crippen LogP contribution in [-0.2, 0) is 5.54 Å². The van der Waals surface area contributed by atoms with E-state index in [0.29, 0.717) is 33.8 Å². The molecule has 1 N–H and O–H groups in total. The molecule has 0 bridgehead atoms. The van der Waals surface area contributed by atoms with Crippen LogP contribution < -0.4 is 14.8 Å². The first kappa shape index (κ1) is 15.6. The first-order chi connectivity index (χ1) is 9.92. The van der Waals surface area contributed by atoms with E-state index in [1.165, 1.54) is 7.11 Å². The van der Waals surface area contributed by atoms with Crippen molar-refractivity contribution in [1.82, 2.24) is 15.5 Å². The SMILES string of the molecule is CNC(C)(C)c1nc(-c2cc(Cl)c(OC)c(OC)c2)no1. The Bertz CT molecular complexity index is 640. The van der Waals surface area contributed by atoms with Crippen LogP contribution in [0, 0.1) is 0 Å². The summed E-state index contributed by atoms with van der Waals surface area (Å²) < 4.78 is 15.8. The van der Waals surface area contributed by atoms with Gasteiger partial charge in [-0.05, 0) is 33.0 Å². The van der Waals surface area contributed by atoms with Crippen molar-refractivity contribution in [3.05, 3.63) is 23.0 Å². The third-order valence-corrected chi connectivity index (χ3v) is 3.56. The van der Waals surface area contributed by atoms with Gasteiger partial charge in [-0.3, -0.25) is 0 Å². The molecule has 0 aliphatic heterocycles. The van der Waals surface area contributed by atoms with E-state index in [0.717, 1.165) is 0 Å². The minimum Gasteiger partial charge on any atom is -0.493 e.